The van der Waals surface area contributed by atoms with Crippen molar-refractivity contribution in [3.05, 3.63) is 77.5 Å². The van der Waals surface area contributed by atoms with Crippen LogP contribution in [0.4, 0.5) is 20.3 Å². The highest BCUT2D eigenvalue weighted by molar-refractivity contribution is 5.95. The van der Waals surface area contributed by atoms with E-state index in [1.54, 1.807) is 6.20 Å². The van der Waals surface area contributed by atoms with E-state index in [9.17, 15) is 13.6 Å². The van der Waals surface area contributed by atoms with Crippen LogP contribution in [0.1, 0.15) is 29.8 Å². The Labute approximate surface area is 210 Å². The average Bonchev–Trinajstić information content (AvgIpc) is 2.85. The number of carbonyl (C=O) groups excluding carboxylic acids is 1. The number of likely N-dealkylation sites (N-methyl/N-ethyl adjacent to an activating group) is 1. The maximum atomic E-state index is 14.4. The number of anilines is 2. The molecule has 1 aromatic heterocycles. The highest BCUT2D eigenvalue weighted by Gasteiger charge is 2.31. The van der Waals surface area contributed by atoms with E-state index in [0.29, 0.717) is 23.5 Å². The smallest absolute Gasteiger partial charge is 0.253 e. The molecule has 1 N–H and O–H groups in total. The molecule has 2 aromatic carbocycles. The van der Waals surface area contributed by atoms with Gasteiger partial charge in [0.2, 0.25) is 0 Å². The molecule has 0 saturated carbocycles. The number of pyridine rings is 1. The van der Waals surface area contributed by atoms with Gasteiger partial charge in [0.25, 0.3) is 5.91 Å². The van der Waals surface area contributed by atoms with Crippen LogP contribution in [0.25, 0.3) is 11.1 Å². The highest BCUT2D eigenvalue weighted by Crippen LogP contribution is 2.37. The lowest BCUT2D eigenvalue weighted by atomic mass is 9.98. The number of amides is 1. The van der Waals surface area contributed by atoms with Gasteiger partial charge in [0.15, 0.2) is 0 Å². The van der Waals surface area contributed by atoms with Gasteiger partial charge >= 0.3 is 0 Å². The molecule has 3 heterocycles. The monoisotopic (exact) mass is 491 g/mol. The Kier molecular flexibility index (Phi) is 6.38. The van der Waals surface area contributed by atoms with Gasteiger partial charge in [0.05, 0.1) is 11.2 Å². The Balaban J connectivity index is 1.41. The molecule has 0 aliphatic carbocycles. The van der Waals surface area contributed by atoms with Crippen molar-refractivity contribution in [3.8, 4) is 11.1 Å². The number of halogens is 2. The molecule has 1 saturated heterocycles. The van der Waals surface area contributed by atoms with Crippen LogP contribution in [-0.2, 0) is 6.54 Å². The minimum absolute atomic E-state index is 0.0490. The second-order valence-corrected chi connectivity index (χ2v) is 10.4. The number of fused-ring (bicyclic) bond motifs is 1. The van der Waals surface area contributed by atoms with E-state index in [-0.39, 0.29) is 18.0 Å². The standard InChI is InChI=1S/C28H31F2N5O/c1-28(2)18-35(17-22-14-23(29)8-9-24(22)30)25-15-21(16-31-26(25)32-28)19-4-6-20(7-5-19)27(36)34-12-10-33(3)11-13-34/h4-9,14-16H,10-13,17-18H2,1-3H3,(H,31,32). The van der Waals surface area contributed by atoms with Crippen LogP contribution in [0.15, 0.2) is 54.7 Å². The van der Waals surface area contributed by atoms with Crippen molar-refractivity contribution in [2.75, 3.05) is 50.0 Å². The zero-order valence-electron chi connectivity index (χ0n) is 20.9. The third kappa shape index (κ3) is 5.04. The van der Waals surface area contributed by atoms with Crippen LogP contribution in [0.2, 0.25) is 0 Å². The lowest BCUT2D eigenvalue weighted by Gasteiger charge is -2.41. The number of piperazine rings is 1. The van der Waals surface area contributed by atoms with E-state index in [2.05, 4.69) is 36.1 Å². The van der Waals surface area contributed by atoms with Gasteiger partial charge in [-0.1, -0.05) is 12.1 Å². The van der Waals surface area contributed by atoms with Crippen LogP contribution in [0.3, 0.4) is 0 Å². The van der Waals surface area contributed by atoms with E-state index in [0.717, 1.165) is 49.1 Å². The quantitative estimate of drug-likeness (QED) is 0.577. The van der Waals surface area contributed by atoms with Gasteiger partial charge in [-0.15, -0.1) is 0 Å². The highest BCUT2D eigenvalue weighted by atomic mass is 19.1. The molecule has 0 radical (unpaired) electrons. The second-order valence-electron chi connectivity index (χ2n) is 10.4. The number of hydrogen-bond donors (Lipinski definition) is 1. The van der Waals surface area contributed by atoms with Crippen molar-refractivity contribution in [3.63, 3.8) is 0 Å². The van der Waals surface area contributed by atoms with E-state index in [1.165, 1.54) is 12.1 Å². The maximum Gasteiger partial charge on any atom is 0.253 e. The molecule has 0 atom stereocenters. The summed E-state index contributed by atoms with van der Waals surface area (Å²) in [5.74, 6) is -0.139. The first-order valence-corrected chi connectivity index (χ1v) is 12.2. The van der Waals surface area contributed by atoms with Crippen molar-refractivity contribution < 1.29 is 13.6 Å². The fourth-order valence-corrected chi connectivity index (χ4v) is 4.88. The molecule has 8 heteroatoms. The molecule has 1 amide bonds. The topological polar surface area (TPSA) is 51.7 Å². The molecular formula is C28H31F2N5O. The Morgan fingerprint density at radius 1 is 1.00 bits per heavy atom. The van der Waals surface area contributed by atoms with Crippen LogP contribution >= 0.6 is 0 Å². The van der Waals surface area contributed by atoms with Gasteiger partial charge < -0.3 is 20.0 Å². The summed E-state index contributed by atoms with van der Waals surface area (Å²) < 4.78 is 28.3. The zero-order valence-corrected chi connectivity index (χ0v) is 20.9. The number of benzene rings is 2. The molecule has 0 unspecified atom stereocenters. The number of nitrogens with one attached hydrogen (secondary N) is 1. The first-order chi connectivity index (χ1) is 17.2. The van der Waals surface area contributed by atoms with Gasteiger partial charge in [-0.25, -0.2) is 13.8 Å². The van der Waals surface area contributed by atoms with Gasteiger partial charge in [0.1, 0.15) is 17.5 Å². The second kappa shape index (κ2) is 9.50. The molecule has 1 fully saturated rings. The third-order valence-corrected chi connectivity index (χ3v) is 6.88. The predicted octanol–water partition coefficient (Wildman–Crippen LogP) is 4.63. The maximum absolute atomic E-state index is 14.4. The summed E-state index contributed by atoms with van der Waals surface area (Å²) in [4.78, 5) is 23.7. The lowest BCUT2D eigenvalue weighted by Crippen LogP contribution is -2.48. The molecule has 2 aliphatic heterocycles. The summed E-state index contributed by atoms with van der Waals surface area (Å²) in [5, 5.41) is 3.45. The Hall–Kier alpha value is -3.52. The minimum atomic E-state index is -0.459. The van der Waals surface area contributed by atoms with Crippen molar-refractivity contribution in [1.82, 2.24) is 14.8 Å². The first kappa shape index (κ1) is 24.2. The largest absolute Gasteiger partial charge is 0.362 e. The number of hydrogen-bond acceptors (Lipinski definition) is 5. The van der Waals surface area contributed by atoms with Crippen molar-refractivity contribution in [2.24, 2.45) is 0 Å². The summed E-state index contributed by atoms with van der Waals surface area (Å²) in [7, 11) is 2.06. The van der Waals surface area contributed by atoms with Crippen molar-refractivity contribution >= 4 is 17.4 Å². The molecule has 2 aliphatic rings. The molecule has 3 aromatic rings. The first-order valence-electron chi connectivity index (χ1n) is 12.2. The fraction of sp³-hybridized carbons (Fsp3) is 0.357. The van der Waals surface area contributed by atoms with Gasteiger partial charge in [-0.05, 0) is 62.9 Å². The molecule has 188 valence electrons. The van der Waals surface area contributed by atoms with Crippen LogP contribution < -0.4 is 10.2 Å². The van der Waals surface area contributed by atoms with Crippen molar-refractivity contribution in [1.29, 1.82) is 0 Å². The van der Waals surface area contributed by atoms with E-state index < -0.39 is 11.6 Å². The van der Waals surface area contributed by atoms with Gasteiger partial charge in [-0.3, -0.25) is 4.79 Å². The summed E-state index contributed by atoms with van der Waals surface area (Å²) in [6, 6.07) is 13.1. The fourth-order valence-electron chi connectivity index (χ4n) is 4.88. The minimum Gasteiger partial charge on any atom is -0.362 e. The van der Waals surface area contributed by atoms with E-state index in [1.807, 2.05) is 40.1 Å². The van der Waals surface area contributed by atoms with E-state index >= 15 is 0 Å². The summed E-state index contributed by atoms with van der Waals surface area (Å²) >= 11 is 0. The lowest BCUT2D eigenvalue weighted by molar-refractivity contribution is 0.0664. The number of nitrogens with zero attached hydrogens (tertiary/aromatic N) is 4. The SMILES string of the molecule is CN1CCN(C(=O)c2ccc(-c3cnc4c(c3)N(Cc3cc(F)ccc3F)CC(C)(C)N4)cc2)CC1. The third-order valence-electron chi connectivity index (χ3n) is 6.88. The molecule has 6 nitrogen and oxygen atoms in total. The molecular weight excluding hydrogens is 460 g/mol. The van der Waals surface area contributed by atoms with Gasteiger partial charge in [-0.2, -0.15) is 0 Å². The number of aromatic nitrogens is 1. The molecule has 0 spiro atoms. The predicted molar refractivity (Wildman–Crippen MR) is 138 cm³/mol. The summed E-state index contributed by atoms with van der Waals surface area (Å²) in [6.45, 7) is 8.16. The summed E-state index contributed by atoms with van der Waals surface area (Å²) in [5.41, 5.74) is 3.32. The molecule has 0 bridgehead atoms. The van der Waals surface area contributed by atoms with Crippen LogP contribution in [0, 0.1) is 11.6 Å². The van der Waals surface area contributed by atoms with Crippen LogP contribution in [0.5, 0.6) is 0 Å². The normalized spacial score (nSPS) is 17.5. The Bertz CT molecular complexity index is 1270. The molecule has 5 rings (SSSR count). The molecule has 36 heavy (non-hydrogen) atoms. The Morgan fingerprint density at radius 3 is 2.44 bits per heavy atom. The number of rotatable bonds is 4. The number of carbonyl (C=O) groups is 1. The van der Waals surface area contributed by atoms with Crippen molar-refractivity contribution in [2.45, 2.75) is 25.9 Å². The zero-order chi connectivity index (χ0) is 25.4. The Morgan fingerprint density at radius 2 is 1.72 bits per heavy atom. The van der Waals surface area contributed by atoms with E-state index in [4.69, 9.17) is 0 Å². The average molecular weight is 492 g/mol. The summed E-state index contributed by atoms with van der Waals surface area (Å²) in [6.07, 6.45) is 1.80. The van der Waals surface area contributed by atoms with Crippen LogP contribution in [-0.4, -0.2) is 66.0 Å². The van der Waals surface area contributed by atoms with Gasteiger partial charge in [0, 0.05) is 62.2 Å².